The summed E-state index contributed by atoms with van der Waals surface area (Å²) in [7, 11) is 2.13. The fourth-order valence-electron chi connectivity index (χ4n) is 4.11. The smallest absolute Gasteiger partial charge is 0.223 e. The molecule has 1 fully saturated rings. The Labute approximate surface area is 183 Å². The number of hydrogen-bond acceptors (Lipinski definition) is 5. The third-order valence-corrected chi connectivity index (χ3v) is 5.97. The van der Waals surface area contributed by atoms with Crippen molar-refractivity contribution in [2.45, 2.75) is 25.9 Å². The zero-order chi connectivity index (χ0) is 21.8. The minimum atomic E-state index is -0.295. The number of nitrogens with zero attached hydrogens (tertiary/aromatic N) is 4. The highest BCUT2D eigenvalue weighted by molar-refractivity contribution is 5.81. The zero-order valence-corrected chi connectivity index (χ0v) is 18.1. The lowest BCUT2D eigenvalue weighted by atomic mass is 9.93. The molecule has 4 rings (SSSR count). The minimum absolute atomic E-state index is 0.0766. The minimum Gasteiger partial charge on any atom is -0.354 e. The van der Waals surface area contributed by atoms with Crippen LogP contribution in [0, 0.1) is 0 Å². The maximum absolute atomic E-state index is 12.7. The number of pyridine rings is 1. The Hall–Kier alpha value is -3.19. The molecule has 2 aromatic rings. The molecular formula is C24H29N5O2. The lowest BCUT2D eigenvalue weighted by molar-refractivity contribution is -0.130. The van der Waals surface area contributed by atoms with E-state index >= 15 is 0 Å². The van der Waals surface area contributed by atoms with Gasteiger partial charge < -0.3 is 20.0 Å². The number of rotatable bonds is 5. The van der Waals surface area contributed by atoms with E-state index in [0.29, 0.717) is 6.54 Å². The molecule has 31 heavy (non-hydrogen) atoms. The Kier molecular flexibility index (Phi) is 6.32. The fourth-order valence-corrected chi connectivity index (χ4v) is 4.11. The van der Waals surface area contributed by atoms with E-state index in [9.17, 15) is 9.59 Å². The first-order chi connectivity index (χ1) is 15.0. The van der Waals surface area contributed by atoms with Crippen molar-refractivity contribution in [3.05, 3.63) is 65.5 Å². The molecule has 1 saturated heterocycles. The van der Waals surface area contributed by atoms with Crippen LogP contribution >= 0.6 is 0 Å². The van der Waals surface area contributed by atoms with E-state index in [2.05, 4.69) is 27.1 Å². The van der Waals surface area contributed by atoms with Gasteiger partial charge in [0.2, 0.25) is 11.8 Å². The molecule has 1 unspecified atom stereocenters. The second-order valence-electron chi connectivity index (χ2n) is 8.18. The number of carbonyl (C=O) groups is 2. The van der Waals surface area contributed by atoms with E-state index < -0.39 is 0 Å². The van der Waals surface area contributed by atoms with Gasteiger partial charge in [-0.15, -0.1) is 0 Å². The number of anilines is 1. The van der Waals surface area contributed by atoms with Crippen LogP contribution in [0.4, 0.5) is 5.82 Å². The van der Waals surface area contributed by atoms with E-state index in [-0.39, 0.29) is 24.3 Å². The number of nitrogens with one attached hydrogen (secondary N) is 1. The summed E-state index contributed by atoms with van der Waals surface area (Å²) in [5.41, 5.74) is 2.99. The standard InChI is InChI=1S/C24H29N5O2/c1-18(30)29-10-9-20-5-3-4-6-21(20)22(29)15-24(31)26-17-19-7-8-23(25-16-19)28-13-11-27(2)12-14-28/h3-10,16,22H,11-15,17H2,1-2H3,(H,26,31). The second kappa shape index (κ2) is 9.31. The monoisotopic (exact) mass is 419 g/mol. The number of likely N-dealkylation sites (N-methyl/N-ethyl adjacent to an activating group) is 1. The summed E-state index contributed by atoms with van der Waals surface area (Å²) in [6.45, 7) is 5.97. The van der Waals surface area contributed by atoms with E-state index in [1.165, 1.54) is 6.92 Å². The van der Waals surface area contributed by atoms with E-state index in [1.807, 2.05) is 48.7 Å². The lowest BCUT2D eigenvalue weighted by Gasteiger charge is -2.33. The molecule has 2 amide bonds. The van der Waals surface area contributed by atoms with E-state index in [1.54, 1.807) is 11.1 Å². The van der Waals surface area contributed by atoms with Crippen LogP contribution in [0.1, 0.15) is 36.1 Å². The summed E-state index contributed by atoms with van der Waals surface area (Å²) in [6.07, 6.45) is 5.73. The predicted molar refractivity (Wildman–Crippen MR) is 121 cm³/mol. The maximum atomic E-state index is 12.7. The SMILES string of the molecule is CC(=O)N1C=Cc2ccccc2C1CC(=O)NCc1ccc(N2CCN(C)CC2)nc1. The summed E-state index contributed by atoms with van der Waals surface area (Å²) in [6, 6.07) is 11.6. The summed E-state index contributed by atoms with van der Waals surface area (Å²) in [4.78, 5) is 35.6. The highest BCUT2D eigenvalue weighted by Crippen LogP contribution is 2.32. The molecule has 1 aromatic carbocycles. The fraction of sp³-hybridized carbons (Fsp3) is 0.375. The Morgan fingerprint density at radius 3 is 2.58 bits per heavy atom. The van der Waals surface area contributed by atoms with Crippen LogP contribution in [0.3, 0.4) is 0 Å². The average Bonchev–Trinajstić information content (AvgIpc) is 2.78. The van der Waals surface area contributed by atoms with Gasteiger partial charge >= 0.3 is 0 Å². The van der Waals surface area contributed by atoms with Crippen LogP contribution in [0.2, 0.25) is 0 Å². The van der Waals surface area contributed by atoms with Gasteiger partial charge in [-0.3, -0.25) is 9.59 Å². The normalized spacial score (nSPS) is 18.6. The molecule has 2 aliphatic rings. The molecule has 0 aliphatic carbocycles. The van der Waals surface area contributed by atoms with Crippen LogP contribution < -0.4 is 10.2 Å². The zero-order valence-electron chi connectivity index (χ0n) is 18.1. The molecule has 2 aliphatic heterocycles. The average molecular weight is 420 g/mol. The van der Waals surface area contributed by atoms with Crippen LogP contribution in [-0.2, 0) is 16.1 Å². The highest BCUT2D eigenvalue weighted by atomic mass is 16.2. The Balaban J connectivity index is 1.35. The van der Waals surface area contributed by atoms with Crippen LogP contribution in [0.25, 0.3) is 6.08 Å². The summed E-state index contributed by atoms with van der Waals surface area (Å²) < 4.78 is 0. The van der Waals surface area contributed by atoms with Crippen LogP contribution in [-0.4, -0.2) is 59.8 Å². The van der Waals surface area contributed by atoms with Crippen molar-refractivity contribution in [3.63, 3.8) is 0 Å². The van der Waals surface area contributed by atoms with Crippen LogP contribution in [0.15, 0.2) is 48.8 Å². The molecule has 0 bridgehead atoms. The summed E-state index contributed by atoms with van der Waals surface area (Å²) in [5, 5.41) is 2.98. The van der Waals surface area contributed by atoms with Gasteiger partial charge in [0.15, 0.2) is 0 Å². The molecular weight excluding hydrogens is 390 g/mol. The van der Waals surface area contributed by atoms with Gasteiger partial charge in [-0.05, 0) is 35.9 Å². The number of aromatic nitrogens is 1. The van der Waals surface area contributed by atoms with Gasteiger partial charge in [0.1, 0.15) is 5.82 Å². The number of hydrogen-bond donors (Lipinski definition) is 1. The van der Waals surface area contributed by atoms with Gasteiger partial charge in [-0.25, -0.2) is 4.98 Å². The molecule has 1 aromatic heterocycles. The third kappa shape index (κ3) is 4.94. The van der Waals surface area contributed by atoms with Gasteiger partial charge in [-0.2, -0.15) is 0 Å². The molecule has 7 heteroatoms. The van der Waals surface area contributed by atoms with Gasteiger partial charge in [0.25, 0.3) is 0 Å². The molecule has 7 nitrogen and oxygen atoms in total. The van der Waals surface area contributed by atoms with E-state index in [4.69, 9.17) is 0 Å². The number of benzene rings is 1. The maximum Gasteiger partial charge on any atom is 0.223 e. The summed E-state index contributed by atoms with van der Waals surface area (Å²) >= 11 is 0. The van der Waals surface area contributed by atoms with Crippen molar-refractivity contribution < 1.29 is 9.59 Å². The molecule has 1 N–H and O–H groups in total. The van der Waals surface area contributed by atoms with Crippen molar-refractivity contribution >= 4 is 23.7 Å². The molecule has 3 heterocycles. The third-order valence-electron chi connectivity index (χ3n) is 5.97. The Bertz CT molecular complexity index is 964. The summed E-state index contributed by atoms with van der Waals surface area (Å²) in [5.74, 6) is 0.808. The quantitative estimate of drug-likeness (QED) is 0.806. The van der Waals surface area contributed by atoms with Crippen molar-refractivity contribution in [2.24, 2.45) is 0 Å². The first-order valence-electron chi connectivity index (χ1n) is 10.7. The largest absolute Gasteiger partial charge is 0.354 e. The Morgan fingerprint density at radius 1 is 1.10 bits per heavy atom. The van der Waals surface area contributed by atoms with E-state index in [0.717, 1.165) is 48.7 Å². The molecule has 162 valence electrons. The number of carbonyl (C=O) groups excluding carboxylic acids is 2. The van der Waals surface area contributed by atoms with Crippen molar-refractivity contribution in [1.29, 1.82) is 0 Å². The molecule has 0 saturated carbocycles. The predicted octanol–water partition coefficient (Wildman–Crippen LogP) is 2.41. The number of amides is 2. The second-order valence-corrected chi connectivity index (χ2v) is 8.18. The topological polar surface area (TPSA) is 68.8 Å². The molecule has 0 spiro atoms. The molecule has 0 radical (unpaired) electrons. The van der Waals surface area contributed by atoms with Crippen molar-refractivity contribution in [3.8, 4) is 0 Å². The first kappa shape index (κ1) is 21.1. The first-order valence-corrected chi connectivity index (χ1v) is 10.7. The van der Waals surface area contributed by atoms with Crippen LogP contribution in [0.5, 0.6) is 0 Å². The van der Waals surface area contributed by atoms with Gasteiger partial charge in [0.05, 0.1) is 12.5 Å². The Morgan fingerprint density at radius 2 is 1.87 bits per heavy atom. The van der Waals surface area contributed by atoms with Crippen molar-refractivity contribution in [1.82, 2.24) is 20.1 Å². The van der Waals surface area contributed by atoms with Gasteiger partial charge in [0, 0.05) is 52.0 Å². The number of fused-ring (bicyclic) bond motifs is 1. The molecule has 1 atom stereocenters. The highest BCUT2D eigenvalue weighted by Gasteiger charge is 2.28. The number of piperazine rings is 1. The van der Waals surface area contributed by atoms with Crippen molar-refractivity contribution in [2.75, 3.05) is 38.1 Å². The lowest BCUT2D eigenvalue weighted by Crippen LogP contribution is -2.44. The van der Waals surface area contributed by atoms with Gasteiger partial charge in [-0.1, -0.05) is 30.3 Å².